The van der Waals surface area contributed by atoms with Crippen LogP contribution in [0.5, 0.6) is 0 Å². The van der Waals surface area contributed by atoms with Gasteiger partial charge in [-0.15, -0.1) is 0 Å². The van der Waals surface area contributed by atoms with Crippen LogP contribution in [0.2, 0.25) is 0 Å². The maximum Gasteiger partial charge on any atom is 0.340 e. The van der Waals surface area contributed by atoms with Crippen molar-refractivity contribution in [3.8, 4) is 0 Å². The number of ether oxygens (including phenoxy) is 2. The van der Waals surface area contributed by atoms with Crippen LogP contribution >= 0.6 is 0 Å². The van der Waals surface area contributed by atoms with Crippen LogP contribution in [-0.2, 0) is 9.47 Å². The van der Waals surface area contributed by atoms with Crippen LogP contribution in [0.3, 0.4) is 0 Å². The summed E-state index contributed by atoms with van der Waals surface area (Å²) < 4.78 is 9.98. The largest absolute Gasteiger partial charge is 0.465 e. The molecule has 1 unspecified atom stereocenters. The zero-order valence-electron chi connectivity index (χ0n) is 11.0. The highest BCUT2D eigenvalue weighted by molar-refractivity contribution is 5.96. The third kappa shape index (κ3) is 3.92. The van der Waals surface area contributed by atoms with Crippen molar-refractivity contribution in [2.24, 2.45) is 0 Å². The molecule has 1 atom stereocenters. The van der Waals surface area contributed by atoms with Crippen LogP contribution in [0.4, 0.5) is 11.4 Å². The van der Waals surface area contributed by atoms with E-state index in [1.54, 1.807) is 12.1 Å². The van der Waals surface area contributed by atoms with Crippen LogP contribution in [-0.4, -0.2) is 32.3 Å². The number of anilines is 2. The number of carbonyl (C=O) groups excluding carboxylic acids is 1. The highest BCUT2D eigenvalue weighted by atomic mass is 16.5. The van der Waals surface area contributed by atoms with E-state index in [1.165, 1.54) is 7.11 Å². The fourth-order valence-electron chi connectivity index (χ4n) is 1.55. The number of methoxy groups -OCH3 is 1. The lowest BCUT2D eigenvalue weighted by atomic mass is 10.1. The number of nitrogens with two attached hydrogens (primary N) is 1. The molecule has 0 bridgehead atoms. The van der Waals surface area contributed by atoms with Crippen LogP contribution in [0.1, 0.15) is 24.2 Å². The molecule has 0 radical (unpaired) electrons. The minimum absolute atomic E-state index is 0.152. The molecule has 0 aliphatic carbocycles. The predicted octanol–water partition coefficient (Wildman–Crippen LogP) is 1.89. The molecule has 5 nitrogen and oxygen atoms in total. The van der Waals surface area contributed by atoms with Crippen LogP contribution in [0, 0.1) is 0 Å². The Balaban J connectivity index is 2.75. The lowest BCUT2D eigenvalue weighted by Crippen LogP contribution is -2.22. The summed E-state index contributed by atoms with van der Waals surface area (Å²) in [4.78, 5) is 11.5. The van der Waals surface area contributed by atoms with Crippen molar-refractivity contribution in [3.05, 3.63) is 23.8 Å². The Labute approximate surface area is 107 Å². The van der Waals surface area contributed by atoms with Crippen molar-refractivity contribution >= 4 is 17.3 Å². The summed E-state index contributed by atoms with van der Waals surface area (Å²) in [6.45, 7) is 5.24. The van der Waals surface area contributed by atoms with Crippen molar-refractivity contribution in [2.75, 3.05) is 31.4 Å². The first-order valence-corrected chi connectivity index (χ1v) is 5.90. The Morgan fingerprint density at radius 3 is 2.83 bits per heavy atom. The third-order valence-corrected chi connectivity index (χ3v) is 2.44. The summed E-state index contributed by atoms with van der Waals surface area (Å²) in [6.07, 6.45) is 0. The molecule has 3 N–H and O–H groups in total. The second-order valence-corrected chi connectivity index (χ2v) is 4.00. The molecule has 0 saturated carbocycles. The van der Waals surface area contributed by atoms with Crippen molar-refractivity contribution in [1.29, 1.82) is 0 Å². The van der Waals surface area contributed by atoms with Crippen LogP contribution in [0.15, 0.2) is 18.2 Å². The van der Waals surface area contributed by atoms with E-state index in [9.17, 15) is 4.79 Å². The number of carbonyl (C=O) groups is 1. The van der Waals surface area contributed by atoms with Crippen LogP contribution in [0.25, 0.3) is 0 Å². The molecule has 0 fully saturated rings. The van der Waals surface area contributed by atoms with Gasteiger partial charge in [0.15, 0.2) is 0 Å². The molecule has 1 aromatic rings. The molecule has 0 aliphatic heterocycles. The fraction of sp³-hybridized carbons (Fsp3) is 0.462. The van der Waals surface area contributed by atoms with Gasteiger partial charge in [0.25, 0.3) is 0 Å². The molecule has 100 valence electrons. The van der Waals surface area contributed by atoms with E-state index in [0.717, 1.165) is 5.69 Å². The van der Waals surface area contributed by atoms with Crippen molar-refractivity contribution < 1.29 is 14.3 Å². The lowest BCUT2D eigenvalue weighted by molar-refractivity contribution is 0.0602. The maximum atomic E-state index is 11.5. The number of nitrogens with one attached hydrogen (secondary N) is 1. The number of benzene rings is 1. The van der Waals surface area contributed by atoms with Gasteiger partial charge in [-0.25, -0.2) is 4.79 Å². The van der Waals surface area contributed by atoms with Gasteiger partial charge in [0.05, 0.1) is 19.3 Å². The van der Waals surface area contributed by atoms with Gasteiger partial charge in [-0.2, -0.15) is 0 Å². The topological polar surface area (TPSA) is 73.6 Å². The third-order valence-electron chi connectivity index (χ3n) is 2.44. The lowest BCUT2D eigenvalue weighted by Gasteiger charge is -2.16. The number of hydrogen-bond donors (Lipinski definition) is 2. The second kappa shape index (κ2) is 6.86. The SMILES string of the molecule is CCOCC(C)Nc1ccc(N)c(C(=O)OC)c1. The first-order chi connectivity index (χ1) is 8.58. The normalized spacial score (nSPS) is 11.9. The van der Waals surface area contributed by atoms with Crippen molar-refractivity contribution in [1.82, 2.24) is 0 Å². The minimum atomic E-state index is -0.436. The quantitative estimate of drug-likeness (QED) is 0.597. The smallest absolute Gasteiger partial charge is 0.340 e. The molecule has 0 aliphatic rings. The standard InChI is InChI=1S/C13H20N2O3/c1-4-18-8-9(2)15-10-5-6-12(14)11(7-10)13(16)17-3/h5-7,9,15H,4,8,14H2,1-3H3. The number of esters is 1. The molecule has 1 aromatic carbocycles. The summed E-state index contributed by atoms with van der Waals surface area (Å²) in [5.74, 6) is -0.436. The Morgan fingerprint density at radius 1 is 1.50 bits per heavy atom. The predicted molar refractivity (Wildman–Crippen MR) is 71.8 cm³/mol. The van der Waals surface area contributed by atoms with Gasteiger partial charge < -0.3 is 20.5 Å². The van der Waals surface area contributed by atoms with Crippen LogP contribution < -0.4 is 11.1 Å². The maximum absolute atomic E-state index is 11.5. The molecule has 5 heteroatoms. The molecule has 0 heterocycles. The summed E-state index contributed by atoms with van der Waals surface area (Å²) in [5.41, 5.74) is 7.31. The molecule has 0 spiro atoms. The van der Waals surface area contributed by atoms with E-state index in [1.807, 2.05) is 19.9 Å². The summed E-state index contributed by atoms with van der Waals surface area (Å²) in [6, 6.07) is 5.34. The van der Waals surface area contributed by atoms with E-state index in [0.29, 0.717) is 24.5 Å². The molecular weight excluding hydrogens is 232 g/mol. The molecule has 0 saturated heterocycles. The molecule has 0 amide bonds. The van der Waals surface area contributed by atoms with E-state index in [2.05, 4.69) is 10.1 Å². The Hall–Kier alpha value is -1.75. The van der Waals surface area contributed by atoms with Crippen molar-refractivity contribution in [2.45, 2.75) is 19.9 Å². The number of nitrogen functional groups attached to an aromatic ring is 1. The van der Waals surface area contributed by atoms with Crippen molar-refractivity contribution in [3.63, 3.8) is 0 Å². The van der Waals surface area contributed by atoms with E-state index in [-0.39, 0.29) is 6.04 Å². The Bertz CT molecular complexity index is 407. The molecular formula is C13H20N2O3. The Morgan fingerprint density at radius 2 is 2.22 bits per heavy atom. The summed E-state index contributed by atoms with van der Waals surface area (Å²) in [5, 5.41) is 3.23. The first-order valence-electron chi connectivity index (χ1n) is 5.90. The van der Waals surface area contributed by atoms with Gasteiger partial charge in [-0.05, 0) is 32.0 Å². The average Bonchev–Trinajstić information content (AvgIpc) is 2.37. The van der Waals surface area contributed by atoms with E-state index in [4.69, 9.17) is 10.5 Å². The minimum Gasteiger partial charge on any atom is -0.465 e. The average molecular weight is 252 g/mol. The zero-order chi connectivity index (χ0) is 13.5. The van der Waals surface area contributed by atoms with Gasteiger partial charge in [0.1, 0.15) is 0 Å². The Kier molecular flexibility index (Phi) is 5.45. The summed E-state index contributed by atoms with van der Waals surface area (Å²) in [7, 11) is 1.33. The van der Waals surface area contributed by atoms with Gasteiger partial charge in [-0.1, -0.05) is 0 Å². The second-order valence-electron chi connectivity index (χ2n) is 4.00. The molecule has 0 aromatic heterocycles. The molecule has 18 heavy (non-hydrogen) atoms. The first kappa shape index (κ1) is 14.3. The van der Waals surface area contributed by atoms with Gasteiger partial charge in [0, 0.05) is 24.0 Å². The number of rotatable bonds is 6. The van der Waals surface area contributed by atoms with Gasteiger partial charge in [0.2, 0.25) is 0 Å². The number of hydrogen-bond acceptors (Lipinski definition) is 5. The van der Waals surface area contributed by atoms with E-state index < -0.39 is 5.97 Å². The zero-order valence-corrected chi connectivity index (χ0v) is 11.0. The summed E-state index contributed by atoms with van der Waals surface area (Å²) >= 11 is 0. The highest BCUT2D eigenvalue weighted by Crippen LogP contribution is 2.19. The van der Waals surface area contributed by atoms with E-state index >= 15 is 0 Å². The van der Waals surface area contributed by atoms with Gasteiger partial charge in [-0.3, -0.25) is 0 Å². The van der Waals surface area contributed by atoms with Gasteiger partial charge >= 0.3 is 5.97 Å². The highest BCUT2D eigenvalue weighted by Gasteiger charge is 2.11. The fourth-order valence-corrected chi connectivity index (χ4v) is 1.55. The molecule has 1 rings (SSSR count). The monoisotopic (exact) mass is 252 g/mol.